The van der Waals surface area contributed by atoms with Crippen LogP contribution < -0.4 is 14.8 Å². The van der Waals surface area contributed by atoms with Gasteiger partial charge in [-0.3, -0.25) is 0 Å². The van der Waals surface area contributed by atoms with E-state index in [-0.39, 0.29) is 12.8 Å². The van der Waals surface area contributed by atoms with E-state index in [0.717, 1.165) is 35.3 Å². The number of benzene rings is 2. The standard InChI is InChI=1S/C19H18N4O2/c1-11-3-5-15-13(7-11)8-16(21-15)19-20-12(2)22-23(19)14-4-6-17-18(9-14)25-10-24-17/h3-7,9,16,21H,8,10H2,1-2H3. The molecule has 0 amide bonds. The highest BCUT2D eigenvalue weighted by Gasteiger charge is 2.27. The van der Waals surface area contributed by atoms with Crippen molar-refractivity contribution < 1.29 is 9.47 Å². The molecule has 1 aromatic heterocycles. The predicted molar refractivity (Wildman–Crippen MR) is 93.5 cm³/mol. The molecule has 0 fully saturated rings. The van der Waals surface area contributed by atoms with Crippen LogP contribution in [0.3, 0.4) is 0 Å². The second kappa shape index (κ2) is 5.24. The number of aryl methyl sites for hydroxylation is 2. The summed E-state index contributed by atoms with van der Waals surface area (Å²) in [6.07, 6.45) is 0.902. The Morgan fingerprint density at radius 1 is 1.08 bits per heavy atom. The van der Waals surface area contributed by atoms with Crippen LogP contribution in [0.2, 0.25) is 0 Å². The van der Waals surface area contributed by atoms with Crippen molar-refractivity contribution in [3.63, 3.8) is 0 Å². The lowest BCUT2D eigenvalue weighted by Crippen LogP contribution is -2.13. The maximum absolute atomic E-state index is 5.50. The molecule has 0 aliphatic carbocycles. The van der Waals surface area contributed by atoms with Gasteiger partial charge in [0.2, 0.25) is 6.79 Å². The lowest BCUT2D eigenvalue weighted by Gasteiger charge is -2.13. The van der Waals surface area contributed by atoms with Gasteiger partial charge >= 0.3 is 0 Å². The molecule has 1 atom stereocenters. The van der Waals surface area contributed by atoms with Gasteiger partial charge < -0.3 is 14.8 Å². The third kappa shape index (κ3) is 2.33. The third-order valence-electron chi connectivity index (χ3n) is 4.66. The summed E-state index contributed by atoms with van der Waals surface area (Å²) >= 11 is 0. The zero-order chi connectivity index (χ0) is 17.0. The SMILES string of the molecule is Cc1ccc2c(c1)CC(c1nc(C)nn1-c1ccc3c(c1)OCO3)N2. The lowest BCUT2D eigenvalue weighted by atomic mass is 10.1. The Hall–Kier alpha value is -3.02. The van der Waals surface area contributed by atoms with Gasteiger partial charge in [-0.1, -0.05) is 17.7 Å². The van der Waals surface area contributed by atoms with E-state index >= 15 is 0 Å². The van der Waals surface area contributed by atoms with Crippen LogP contribution in [0.4, 0.5) is 5.69 Å². The third-order valence-corrected chi connectivity index (χ3v) is 4.66. The molecule has 5 rings (SSSR count). The Morgan fingerprint density at radius 3 is 2.88 bits per heavy atom. The second-order valence-corrected chi connectivity index (χ2v) is 6.53. The molecule has 3 aromatic rings. The van der Waals surface area contributed by atoms with E-state index < -0.39 is 0 Å². The Morgan fingerprint density at radius 2 is 1.96 bits per heavy atom. The number of hydrogen-bond acceptors (Lipinski definition) is 5. The van der Waals surface area contributed by atoms with Crippen LogP contribution in [-0.2, 0) is 6.42 Å². The van der Waals surface area contributed by atoms with Gasteiger partial charge in [0.1, 0.15) is 5.82 Å². The highest BCUT2D eigenvalue weighted by molar-refractivity contribution is 5.59. The first-order chi connectivity index (χ1) is 12.2. The normalized spacial score (nSPS) is 17.4. The van der Waals surface area contributed by atoms with Gasteiger partial charge in [0.15, 0.2) is 17.3 Å². The smallest absolute Gasteiger partial charge is 0.231 e. The van der Waals surface area contributed by atoms with Gasteiger partial charge in [-0.25, -0.2) is 9.67 Å². The number of anilines is 1. The van der Waals surface area contributed by atoms with E-state index in [1.54, 1.807) is 0 Å². The molecule has 0 saturated heterocycles. The molecule has 2 aromatic carbocycles. The number of aromatic nitrogens is 3. The minimum atomic E-state index is 0.100. The summed E-state index contributed by atoms with van der Waals surface area (Å²) in [7, 11) is 0. The Bertz CT molecular complexity index is 980. The maximum atomic E-state index is 5.50. The minimum absolute atomic E-state index is 0.100. The van der Waals surface area contributed by atoms with E-state index in [2.05, 4.69) is 40.5 Å². The molecule has 1 N–H and O–H groups in total. The number of nitrogens with zero attached hydrogens (tertiary/aromatic N) is 3. The van der Waals surface area contributed by atoms with Crippen molar-refractivity contribution in [3.05, 3.63) is 59.2 Å². The predicted octanol–water partition coefficient (Wildman–Crippen LogP) is 3.32. The van der Waals surface area contributed by atoms with Crippen molar-refractivity contribution in [2.45, 2.75) is 26.3 Å². The van der Waals surface area contributed by atoms with Gasteiger partial charge in [-0.15, -0.1) is 0 Å². The lowest BCUT2D eigenvalue weighted by molar-refractivity contribution is 0.174. The highest BCUT2D eigenvalue weighted by Crippen LogP contribution is 2.37. The monoisotopic (exact) mass is 334 g/mol. The van der Waals surface area contributed by atoms with Crippen LogP contribution in [0.25, 0.3) is 5.69 Å². The number of nitrogens with one attached hydrogen (secondary N) is 1. The van der Waals surface area contributed by atoms with Gasteiger partial charge in [0.25, 0.3) is 0 Å². The van der Waals surface area contributed by atoms with Crippen molar-refractivity contribution in [1.29, 1.82) is 0 Å². The minimum Gasteiger partial charge on any atom is -0.454 e. The fourth-order valence-electron chi connectivity index (χ4n) is 3.51. The van der Waals surface area contributed by atoms with E-state index in [4.69, 9.17) is 9.47 Å². The molecule has 25 heavy (non-hydrogen) atoms. The van der Waals surface area contributed by atoms with E-state index in [0.29, 0.717) is 0 Å². The van der Waals surface area contributed by atoms with Gasteiger partial charge in [0, 0.05) is 18.2 Å². The van der Waals surface area contributed by atoms with Crippen molar-refractivity contribution in [1.82, 2.24) is 14.8 Å². The molecule has 0 radical (unpaired) electrons. The van der Waals surface area contributed by atoms with Crippen molar-refractivity contribution in [2.24, 2.45) is 0 Å². The summed E-state index contributed by atoms with van der Waals surface area (Å²) in [5.74, 6) is 3.17. The fourth-order valence-corrected chi connectivity index (χ4v) is 3.51. The van der Waals surface area contributed by atoms with Crippen LogP contribution in [0.1, 0.15) is 28.8 Å². The second-order valence-electron chi connectivity index (χ2n) is 6.53. The van der Waals surface area contributed by atoms with Crippen molar-refractivity contribution >= 4 is 5.69 Å². The molecule has 1 unspecified atom stereocenters. The fraction of sp³-hybridized carbons (Fsp3) is 0.263. The zero-order valence-electron chi connectivity index (χ0n) is 14.1. The van der Waals surface area contributed by atoms with E-state index in [9.17, 15) is 0 Å². The maximum Gasteiger partial charge on any atom is 0.231 e. The summed E-state index contributed by atoms with van der Waals surface area (Å²) in [6.45, 7) is 4.30. The first kappa shape index (κ1) is 14.3. The average molecular weight is 334 g/mol. The molecule has 2 aliphatic rings. The van der Waals surface area contributed by atoms with E-state index in [1.807, 2.05) is 29.8 Å². The zero-order valence-corrected chi connectivity index (χ0v) is 14.1. The molecule has 126 valence electrons. The van der Waals surface area contributed by atoms with E-state index in [1.165, 1.54) is 16.8 Å². The molecule has 2 aliphatic heterocycles. The summed E-state index contributed by atoms with van der Waals surface area (Å²) in [5, 5.41) is 8.18. The Kier molecular flexibility index (Phi) is 3.00. The first-order valence-electron chi connectivity index (χ1n) is 8.37. The number of rotatable bonds is 2. The molecule has 0 bridgehead atoms. The van der Waals surface area contributed by atoms with Crippen LogP contribution in [-0.4, -0.2) is 21.6 Å². The Balaban J connectivity index is 1.54. The highest BCUT2D eigenvalue weighted by atomic mass is 16.7. The molecule has 6 heteroatoms. The Labute approximate surface area is 145 Å². The molecule has 0 saturated carbocycles. The van der Waals surface area contributed by atoms with Crippen LogP contribution >= 0.6 is 0 Å². The van der Waals surface area contributed by atoms with Gasteiger partial charge in [-0.05, 0) is 37.6 Å². The van der Waals surface area contributed by atoms with Crippen LogP contribution in [0.5, 0.6) is 11.5 Å². The topological polar surface area (TPSA) is 61.2 Å². The summed E-state index contributed by atoms with van der Waals surface area (Å²) in [5.41, 5.74) is 4.69. The number of ether oxygens (including phenoxy) is 2. The summed E-state index contributed by atoms with van der Waals surface area (Å²) in [4.78, 5) is 4.69. The molecule has 0 spiro atoms. The first-order valence-corrected chi connectivity index (χ1v) is 8.37. The largest absolute Gasteiger partial charge is 0.454 e. The van der Waals surface area contributed by atoms with Crippen LogP contribution in [0, 0.1) is 13.8 Å². The molecular formula is C19H18N4O2. The van der Waals surface area contributed by atoms with Crippen molar-refractivity contribution in [2.75, 3.05) is 12.1 Å². The molecule has 6 nitrogen and oxygen atoms in total. The summed E-state index contributed by atoms with van der Waals surface area (Å²) in [6, 6.07) is 12.4. The summed E-state index contributed by atoms with van der Waals surface area (Å²) < 4.78 is 12.8. The number of hydrogen-bond donors (Lipinski definition) is 1. The molecular weight excluding hydrogens is 316 g/mol. The van der Waals surface area contributed by atoms with Crippen molar-refractivity contribution in [3.8, 4) is 17.2 Å². The van der Waals surface area contributed by atoms with Gasteiger partial charge in [0.05, 0.1) is 11.7 Å². The molecule has 3 heterocycles. The van der Waals surface area contributed by atoms with Crippen LogP contribution in [0.15, 0.2) is 36.4 Å². The quantitative estimate of drug-likeness (QED) is 0.779. The number of fused-ring (bicyclic) bond motifs is 2. The average Bonchev–Trinajstić information content (AvgIpc) is 3.30. The van der Waals surface area contributed by atoms with Gasteiger partial charge in [-0.2, -0.15) is 5.10 Å².